The van der Waals surface area contributed by atoms with E-state index >= 15 is 0 Å². The molecular weight excluding hydrogens is 267 g/mol. The molecular formula is C9H7IO2. The summed E-state index contributed by atoms with van der Waals surface area (Å²) in [4.78, 5) is 11.4. The molecule has 2 nitrogen and oxygen atoms in total. The van der Waals surface area contributed by atoms with Crippen molar-refractivity contribution in [2.75, 3.05) is 0 Å². The zero-order valence-corrected chi connectivity index (χ0v) is 8.45. The van der Waals surface area contributed by atoms with Gasteiger partial charge in [0, 0.05) is 12.0 Å². The fourth-order valence-corrected chi connectivity index (χ4v) is 1.95. The normalized spacial score (nSPS) is 21.1. The van der Waals surface area contributed by atoms with Gasteiger partial charge in [0.2, 0.25) is 0 Å². The summed E-state index contributed by atoms with van der Waals surface area (Å²) in [6.45, 7) is 0. The maximum atomic E-state index is 11.4. The van der Waals surface area contributed by atoms with Crippen molar-refractivity contribution >= 4 is 28.8 Å². The number of hydrogen-bond acceptors (Lipinski definition) is 2. The van der Waals surface area contributed by atoms with E-state index in [4.69, 9.17) is 3.07 Å². The molecule has 0 bridgehead atoms. The van der Waals surface area contributed by atoms with Crippen molar-refractivity contribution in [2.24, 2.45) is 0 Å². The average Bonchev–Trinajstić information content (AvgIpc) is 2.44. The highest BCUT2D eigenvalue weighted by molar-refractivity contribution is 14.1. The number of ketones is 1. The zero-order valence-electron chi connectivity index (χ0n) is 6.29. The Labute approximate surface area is 84.6 Å². The lowest BCUT2D eigenvalue weighted by Crippen LogP contribution is -1.91. The summed E-state index contributed by atoms with van der Waals surface area (Å²) in [6.07, 6.45) is 0.455. The van der Waals surface area contributed by atoms with Gasteiger partial charge in [-0.2, -0.15) is 0 Å². The highest BCUT2D eigenvalue weighted by Gasteiger charge is 2.28. The molecule has 0 saturated carbocycles. The molecule has 0 saturated heterocycles. The van der Waals surface area contributed by atoms with Crippen molar-refractivity contribution in [2.45, 2.75) is 12.5 Å². The van der Waals surface area contributed by atoms with Crippen molar-refractivity contribution < 1.29 is 7.86 Å². The summed E-state index contributed by atoms with van der Waals surface area (Å²) in [5.74, 6) is 0.187. The van der Waals surface area contributed by atoms with Gasteiger partial charge in [-0.3, -0.25) is 4.79 Å². The Bertz CT molecular complexity index is 322. The summed E-state index contributed by atoms with van der Waals surface area (Å²) < 4.78 is 5.16. The molecule has 62 valence electrons. The van der Waals surface area contributed by atoms with E-state index in [0.29, 0.717) is 6.42 Å². The van der Waals surface area contributed by atoms with Crippen LogP contribution in [-0.2, 0) is 3.07 Å². The first kappa shape index (κ1) is 8.19. The highest BCUT2D eigenvalue weighted by Crippen LogP contribution is 2.34. The summed E-state index contributed by atoms with van der Waals surface area (Å²) in [5, 5.41) is 0. The third-order valence-corrected chi connectivity index (χ3v) is 2.70. The van der Waals surface area contributed by atoms with Crippen molar-refractivity contribution in [3.63, 3.8) is 0 Å². The molecule has 0 aromatic heterocycles. The number of rotatable bonds is 1. The van der Waals surface area contributed by atoms with Crippen LogP contribution in [0.2, 0.25) is 0 Å². The molecule has 0 N–H and O–H groups in total. The Morgan fingerprint density at radius 1 is 1.42 bits per heavy atom. The second-order valence-corrected chi connectivity index (χ2v) is 3.30. The van der Waals surface area contributed by atoms with Crippen LogP contribution in [0.1, 0.15) is 28.4 Å². The van der Waals surface area contributed by atoms with E-state index < -0.39 is 0 Å². The molecule has 0 aliphatic heterocycles. The van der Waals surface area contributed by atoms with Crippen molar-refractivity contribution in [1.82, 2.24) is 0 Å². The van der Waals surface area contributed by atoms with E-state index in [1.54, 1.807) is 0 Å². The lowest BCUT2D eigenvalue weighted by atomic mass is 10.1. The lowest BCUT2D eigenvalue weighted by molar-refractivity contribution is 0.0966. The van der Waals surface area contributed by atoms with E-state index in [1.165, 1.54) is 0 Å². The molecule has 0 heterocycles. The van der Waals surface area contributed by atoms with Gasteiger partial charge in [0.05, 0.1) is 0 Å². The Morgan fingerprint density at radius 2 is 2.17 bits per heavy atom. The van der Waals surface area contributed by atoms with Crippen LogP contribution in [0.5, 0.6) is 0 Å². The van der Waals surface area contributed by atoms with Crippen LogP contribution < -0.4 is 0 Å². The summed E-state index contributed by atoms with van der Waals surface area (Å²) in [6, 6.07) is 7.61. The number of fused-ring (bicyclic) bond motifs is 1. The Morgan fingerprint density at radius 3 is 2.92 bits per heavy atom. The van der Waals surface area contributed by atoms with Gasteiger partial charge in [-0.15, -0.1) is 0 Å². The third kappa shape index (κ3) is 1.17. The molecule has 0 radical (unpaired) electrons. The Balaban J connectivity index is 2.50. The van der Waals surface area contributed by atoms with Gasteiger partial charge in [-0.1, -0.05) is 24.3 Å². The highest BCUT2D eigenvalue weighted by atomic mass is 127. The minimum atomic E-state index is -0.0331. The smallest absolute Gasteiger partial charge is 0.166 e. The molecule has 1 atom stereocenters. The number of carbonyl (C=O) groups is 1. The maximum absolute atomic E-state index is 11.4. The van der Waals surface area contributed by atoms with Crippen molar-refractivity contribution in [3.05, 3.63) is 35.4 Å². The fraction of sp³-hybridized carbons (Fsp3) is 0.222. The lowest BCUT2D eigenvalue weighted by Gasteiger charge is -2.04. The Kier molecular flexibility index (Phi) is 2.14. The summed E-state index contributed by atoms with van der Waals surface area (Å²) in [5.41, 5.74) is 1.84. The fourth-order valence-electron chi connectivity index (χ4n) is 1.50. The first-order valence-corrected chi connectivity index (χ1v) is 4.60. The maximum Gasteiger partial charge on any atom is 0.166 e. The van der Waals surface area contributed by atoms with Crippen molar-refractivity contribution in [1.29, 1.82) is 0 Å². The third-order valence-electron chi connectivity index (χ3n) is 2.09. The number of benzene rings is 1. The number of halogens is 1. The molecule has 0 amide bonds. The largest absolute Gasteiger partial charge is 0.307 e. The zero-order chi connectivity index (χ0) is 8.55. The molecule has 0 spiro atoms. The van der Waals surface area contributed by atoms with Gasteiger partial charge in [0.25, 0.3) is 0 Å². The number of Topliss-reactive ketones (excluding diaryl/α,β-unsaturated/α-hetero) is 1. The number of hydrogen-bond donors (Lipinski definition) is 0. The van der Waals surface area contributed by atoms with Gasteiger partial charge < -0.3 is 3.07 Å². The summed E-state index contributed by atoms with van der Waals surface area (Å²) in [7, 11) is 0. The van der Waals surface area contributed by atoms with Crippen LogP contribution in [0.25, 0.3) is 0 Å². The van der Waals surface area contributed by atoms with Crippen molar-refractivity contribution in [3.8, 4) is 0 Å². The second-order valence-electron chi connectivity index (χ2n) is 2.79. The SMILES string of the molecule is O=C1CC(OI)c2ccccc21. The monoisotopic (exact) mass is 274 g/mol. The van der Waals surface area contributed by atoms with E-state index in [0.717, 1.165) is 11.1 Å². The van der Waals surface area contributed by atoms with Gasteiger partial charge in [-0.25, -0.2) is 0 Å². The van der Waals surface area contributed by atoms with E-state index in [9.17, 15) is 4.79 Å². The Hall–Kier alpha value is -0.420. The predicted octanol–water partition coefficient (Wildman–Crippen LogP) is 2.68. The van der Waals surface area contributed by atoms with Gasteiger partial charge >= 0.3 is 0 Å². The molecule has 1 aromatic rings. The molecule has 2 rings (SSSR count). The summed E-state index contributed by atoms with van der Waals surface area (Å²) >= 11 is 1.84. The van der Waals surface area contributed by atoms with E-state index in [1.807, 2.05) is 47.3 Å². The van der Waals surface area contributed by atoms with Gasteiger partial charge in [0.1, 0.15) is 29.1 Å². The molecule has 3 heteroatoms. The number of carbonyl (C=O) groups excluding carboxylic acids is 1. The first-order chi connectivity index (χ1) is 5.83. The van der Waals surface area contributed by atoms with Crippen LogP contribution in [0, 0.1) is 0 Å². The molecule has 0 fully saturated rings. The quantitative estimate of drug-likeness (QED) is 0.736. The average molecular weight is 274 g/mol. The van der Waals surface area contributed by atoms with Gasteiger partial charge in [-0.05, 0) is 5.56 Å². The van der Waals surface area contributed by atoms with E-state index in [-0.39, 0.29) is 11.9 Å². The topological polar surface area (TPSA) is 26.3 Å². The van der Waals surface area contributed by atoms with Crippen LogP contribution in [0.3, 0.4) is 0 Å². The van der Waals surface area contributed by atoms with Crippen LogP contribution in [0.4, 0.5) is 0 Å². The standard InChI is InChI=1S/C9H7IO2/c10-12-9-5-8(11)6-3-1-2-4-7(6)9/h1-4,9H,5H2. The van der Waals surface area contributed by atoms with Crippen LogP contribution in [-0.4, -0.2) is 5.78 Å². The second kappa shape index (κ2) is 3.14. The van der Waals surface area contributed by atoms with Gasteiger partial charge in [0.15, 0.2) is 5.78 Å². The molecule has 1 aromatic carbocycles. The minimum absolute atomic E-state index is 0.0331. The predicted molar refractivity (Wildman–Crippen MR) is 53.2 cm³/mol. The van der Waals surface area contributed by atoms with Crippen LogP contribution in [0.15, 0.2) is 24.3 Å². The molecule has 12 heavy (non-hydrogen) atoms. The molecule has 1 aliphatic carbocycles. The molecule has 1 unspecified atom stereocenters. The minimum Gasteiger partial charge on any atom is -0.307 e. The van der Waals surface area contributed by atoms with E-state index in [2.05, 4.69) is 0 Å². The van der Waals surface area contributed by atoms with Crippen LogP contribution >= 0.6 is 23.0 Å². The molecule has 1 aliphatic rings. The first-order valence-electron chi connectivity index (χ1n) is 3.72.